The zero-order chi connectivity index (χ0) is 39.0. The van der Waals surface area contributed by atoms with Crippen LogP contribution in [0.2, 0.25) is 0 Å². The second-order valence-corrected chi connectivity index (χ2v) is 16.7. The van der Waals surface area contributed by atoms with Crippen LogP contribution < -0.4 is 0 Å². The van der Waals surface area contributed by atoms with Crippen molar-refractivity contribution in [3.63, 3.8) is 0 Å². The topological polar surface area (TPSA) is 129 Å². The number of rotatable bonds is 22. The summed E-state index contributed by atoms with van der Waals surface area (Å²) in [6.07, 6.45) is 8.55. The molecule has 0 radical (unpaired) electrons. The number of halogens is 1. The summed E-state index contributed by atoms with van der Waals surface area (Å²) in [5, 5.41) is 1.68. The zero-order valence-electron chi connectivity index (χ0n) is 31.5. The minimum atomic E-state index is -0.888. The van der Waals surface area contributed by atoms with E-state index in [2.05, 4.69) is 0 Å². The van der Waals surface area contributed by atoms with Gasteiger partial charge in [0.25, 0.3) is 0 Å². The molecule has 0 bridgehead atoms. The van der Waals surface area contributed by atoms with E-state index in [0.29, 0.717) is 45.4 Å². The van der Waals surface area contributed by atoms with Crippen LogP contribution in [0.5, 0.6) is 0 Å². The Kier molecular flexibility index (Phi) is 16.7. The predicted octanol–water partition coefficient (Wildman–Crippen LogP) is 8.47. The van der Waals surface area contributed by atoms with Crippen molar-refractivity contribution in [2.24, 2.45) is 0 Å². The Labute approximate surface area is 335 Å². The highest BCUT2D eigenvalue weighted by atomic mass is 33.1. The highest BCUT2D eigenvalue weighted by molar-refractivity contribution is 8.77. The lowest BCUT2D eigenvalue weighted by Crippen LogP contribution is -2.34. The molecule has 0 N–H and O–H groups in total. The maximum absolute atomic E-state index is 13.9. The van der Waals surface area contributed by atoms with Gasteiger partial charge in [-0.15, -0.1) is 0 Å². The van der Waals surface area contributed by atoms with E-state index in [0.717, 1.165) is 64.2 Å². The summed E-state index contributed by atoms with van der Waals surface area (Å²) >= 11 is 0. The molecule has 2 aromatic carbocycles. The van der Waals surface area contributed by atoms with Crippen molar-refractivity contribution in [2.45, 2.75) is 81.2 Å². The molecule has 2 aliphatic heterocycles. The number of carbonyl (C=O) groups is 3. The van der Waals surface area contributed by atoms with Gasteiger partial charge in [0.2, 0.25) is 0 Å². The summed E-state index contributed by atoms with van der Waals surface area (Å²) in [6, 6.07) is 14.3. The lowest BCUT2D eigenvalue weighted by Gasteiger charge is -2.26. The summed E-state index contributed by atoms with van der Waals surface area (Å²) in [5.74, 6) is 0.571. The van der Waals surface area contributed by atoms with Crippen LogP contribution in [-0.2, 0) is 42.7 Å². The first-order valence-electron chi connectivity index (χ1n) is 19.5. The normalized spacial score (nSPS) is 19.7. The number of cyclic esters (lactones) is 1. The van der Waals surface area contributed by atoms with Gasteiger partial charge >= 0.3 is 18.1 Å². The molecule has 3 atom stereocenters. The van der Waals surface area contributed by atoms with E-state index in [1.807, 2.05) is 58.0 Å². The van der Waals surface area contributed by atoms with Crippen LogP contribution in [0.1, 0.15) is 75.0 Å². The number of aromatic nitrogens is 1. The van der Waals surface area contributed by atoms with Crippen molar-refractivity contribution in [2.75, 3.05) is 58.6 Å². The number of pyridine rings is 1. The van der Waals surface area contributed by atoms with Crippen molar-refractivity contribution >= 4 is 56.7 Å². The lowest BCUT2D eigenvalue weighted by molar-refractivity contribution is -0.157. The fourth-order valence-electron chi connectivity index (χ4n) is 6.60. The lowest BCUT2D eigenvalue weighted by atomic mass is 9.92. The third kappa shape index (κ3) is 13.5. The molecule has 2 saturated heterocycles. The number of hydrogen-bond acceptors (Lipinski definition) is 13. The molecule has 6 rings (SSSR count). The van der Waals surface area contributed by atoms with Gasteiger partial charge < -0.3 is 33.2 Å². The molecule has 1 aliphatic carbocycles. The van der Waals surface area contributed by atoms with Crippen LogP contribution in [0.4, 0.5) is 9.18 Å². The highest BCUT2D eigenvalue weighted by Gasteiger charge is 2.32. The quantitative estimate of drug-likeness (QED) is 0.0417. The molecule has 3 heterocycles. The van der Waals surface area contributed by atoms with Gasteiger partial charge in [0.15, 0.2) is 0 Å². The molecule has 56 heavy (non-hydrogen) atoms. The van der Waals surface area contributed by atoms with Crippen molar-refractivity contribution in [1.29, 1.82) is 0 Å². The van der Waals surface area contributed by atoms with Gasteiger partial charge in [0, 0.05) is 46.3 Å². The molecular weight excluding hydrogens is 762 g/mol. The zero-order valence-corrected chi connectivity index (χ0v) is 33.2. The third-order valence-electron chi connectivity index (χ3n) is 9.54. The first-order valence-corrected chi connectivity index (χ1v) is 21.9. The summed E-state index contributed by atoms with van der Waals surface area (Å²) in [7, 11) is 3.91. The largest absolute Gasteiger partial charge is 0.508 e. The SMILES string of the molecule is O=C(CCCCC1CCSS1)OCCOCCOCCOCCOC(=O)OC1CC(=O)OC(/C=C/c2c(C3CC3)nc3ccccc3c2-c2ccc(F)cc2)C1. The monoisotopic (exact) mass is 811 g/mol. The molecule has 1 saturated carbocycles. The molecule has 0 amide bonds. The molecular formula is C42H50FNO10S2. The number of hydrogen-bond donors (Lipinski definition) is 0. The van der Waals surface area contributed by atoms with Crippen molar-refractivity contribution < 1.29 is 51.9 Å². The van der Waals surface area contributed by atoms with Gasteiger partial charge in [-0.05, 0) is 61.9 Å². The van der Waals surface area contributed by atoms with Gasteiger partial charge in [0.1, 0.15) is 31.2 Å². The Morgan fingerprint density at radius 3 is 2.30 bits per heavy atom. The number of esters is 2. The molecule has 3 aromatic rings. The van der Waals surface area contributed by atoms with Crippen LogP contribution in [0.25, 0.3) is 28.1 Å². The Bertz CT molecular complexity index is 1770. The predicted molar refractivity (Wildman–Crippen MR) is 214 cm³/mol. The number of fused-ring (bicyclic) bond motifs is 1. The maximum atomic E-state index is 13.9. The Morgan fingerprint density at radius 1 is 0.875 bits per heavy atom. The molecule has 302 valence electrons. The molecule has 1 aromatic heterocycles. The smallest absolute Gasteiger partial charge is 0.463 e. The number of ether oxygens (including phenoxy) is 7. The highest BCUT2D eigenvalue weighted by Crippen LogP contribution is 2.45. The molecule has 3 fully saturated rings. The van der Waals surface area contributed by atoms with Gasteiger partial charge in [-0.2, -0.15) is 0 Å². The van der Waals surface area contributed by atoms with Crippen LogP contribution >= 0.6 is 21.6 Å². The van der Waals surface area contributed by atoms with Crippen molar-refractivity contribution in [3.8, 4) is 11.1 Å². The third-order valence-corrected chi connectivity index (χ3v) is 12.5. The minimum absolute atomic E-state index is 0.0228. The first kappa shape index (κ1) is 41.9. The standard InChI is InChI=1S/C42H50FNO10S2/c43-31-13-11-29(12-14-31)40-35-6-2-3-7-37(35)44-41(30-9-10-30)36(40)16-15-32-27-33(28-39(46)53-32)54-42(47)52-25-23-50-21-19-48-18-20-49-22-24-51-38(45)8-4-1-5-34-17-26-55-56-34/h2-3,6-7,11-16,30,32-34H,1,4-5,8-10,17-28H2/b16-15+. The second-order valence-electron chi connectivity index (χ2n) is 13.9. The van der Waals surface area contributed by atoms with Gasteiger partial charge in [-0.1, -0.05) is 64.4 Å². The van der Waals surface area contributed by atoms with Gasteiger partial charge in [0.05, 0.1) is 57.3 Å². The molecule has 3 unspecified atom stereocenters. The number of benzene rings is 2. The first-order chi connectivity index (χ1) is 27.4. The molecule has 11 nitrogen and oxygen atoms in total. The Balaban J connectivity index is 0.846. The number of unbranched alkanes of at least 4 members (excludes halogenated alkanes) is 1. The van der Waals surface area contributed by atoms with E-state index < -0.39 is 24.3 Å². The van der Waals surface area contributed by atoms with Gasteiger partial charge in [-0.3, -0.25) is 14.6 Å². The van der Waals surface area contributed by atoms with E-state index in [4.69, 9.17) is 38.1 Å². The van der Waals surface area contributed by atoms with E-state index >= 15 is 0 Å². The molecule has 14 heteroatoms. The fourth-order valence-corrected chi connectivity index (χ4v) is 9.63. The van der Waals surface area contributed by atoms with E-state index in [1.165, 1.54) is 30.7 Å². The number of para-hydroxylation sites is 1. The molecule has 3 aliphatic rings. The minimum Gasteiger partial charge on any atom is -0.463 e. The van der Waals surface area contributed by atoms with Crippen LogP contribution in [0.3, 0.4) is 0 Å². The summed E-state index contributed by atoms with van der Waals surface area (Å²) in [5.41, 5.74) is 4.53. The van der Waals surface area contributed by atoms with Crippen molar-refractivity contribution in [1.82, 2.24) is 4.98 Å². The van der Waals surface area contributed by atoms with Crippen LogP contribution in [-0.4, -0.2) is 99.1 Å². The molecule has 0 spiro atoms. The van der Waals surface area contributed by atoms with E-state index in [-0.39, 0.29) is 44.4 Å². The van der Waals surface area contributed by atoms with Crippen molar-refractivity contribution in [3.05, 3.63) is 71.7 Å². The number of carbonyl (C=O) groups excluding carboxylic acids is 3. The second kappa shape index (κ2) is 22.3. The van der Waals surface area contributed by atoms with E-state index in [9.17, 15) is 18.8 Å². The Morgan fingerprint density at radius 2 is 1.59 bits per heavy atom. The average molecular weight is 812 g/mol. The maximum Gasteiger partial charge on any atom is 0.508 e. The Hall–Kier alpha value is -3.69. The average Bonchev–Trinajstić information content (AvgIpc) is 3.91. The summed E-state index contributed by atoms with van der Waals surface area (Å²) < 4.78 is 51.8. The van der Waals surface area contributed by atoms with Crippen LogP contribution in [0, 0.1) is 5.82 Å². The van der Waals surface area contributed by atoms with Gasteiger partial charge in [-0.25, -0.2) is 9.18 Å². The summed E-state index contributed by atoms with van der Waals surface area (Å²) in [4.78, 5) is 41.8. The summed E-state index contributed by atoms with van der Waals surface area (Å²) in [6.45, 7) is 2.05. The fraction of sp³-hybridized carbons (Fsp3) is 0.524. The van der Waals surface area contributed by atoms with Crippen LogP contribution in [0.15, 0.2) is 54.6 Å². The van der Waals surface area contributed by atoms with E-state index in [1.54, 1.807) is 12.1 Å². The number of nitrogens with zero attached hydrogens (tertiary/aromatic N) is 1.